The number of unbranched alkanes of at least 4 members (excludes halogenated alkanes) is 44. The molecule has 96 heavy (non-hydrogen) atoms. The zero-order valence-corrected chi connectivity index (χ0v) is 63.8. The van der Waals surface area contributed by atoms with Gasteiger partial charge in [0.15, 0.2) is 12.2 Å². The van der Waals surface area contributed by atoms with Crippen LogP contribution in [0.2, 0.25) is 0 Å². The van der Waals surface area contributed by atoms with Gasteiger partial charge in [0.1, 0.15) is 19.3 Å². The lowest BCUT2D eigenvalue weighted by atomic mass is 10.0. The Morgan fingerprint density at radius 1 is 0.323 bits per heavy atom. The number of phosphoric ester groups is 2. The van der Waals surface area contributed by atoms with E-state index in [0.717, 1.165) is 109 Å². The largest absolute Gasteiger partial charge is 0.472 e. The number of aliphatic hydroxyl groups is 1. The Kier molecular flexibility index (Phi) is 67.8. The Labute approximate surface area is 586 Å². The van der Waals surface area contributed by atoms with Crippen LogP contribution >= 0.6 is 15.6 Å². The lowest BCUT2D eigenvalue weighted by molar-refractivity contribution is -0.161. The minimum atomic E-state index is -4.96. The van der Waals surface area contributed by atoms with Crippen molar-refractivity contribution in [3.8, 4) is 0 Å². The zero-order valence-electron chi connectivity index (χ0n) is 62.0. The Bertz CT molecular complexity index is 1930. The fourth-order valence-corrected chi connectivity index (χ4v) is 12.9. The van der Waals surface area contributed by atoms with Gasteiger partial charge in [-0.15, -0.1) is 0 Å². The molecule has 17 nitrogen and oxygen atoms in total. The van der Waals surface area contributed by atoms with Crippen molar-refractivity contribution in [2.24, 2.45) is 5.92 Å². The summed E-state index contributed by atoms with van der Waals surface area (Å²) in [6.45, 7) is 7.15. The second-order valence-electron chi connectivity index (χ2n) is 27.5. The van der Waals surface area contributed by atoms with E-state index >= 15 is 0 Å². The van der Waals surface area contributed by atoms with Crippen LogP contribution in [0.5, 0.6) is 0 Å². The number of aliphatic hydroxyl groups excluding tert-OH is 1. The summed E-state index contributed by atoms with van der Waals surface area (Å²) in [6, 6.07) is 0. The minimum Gasteiger partial charge on any atom is -0.462 e. The number of carbonyl (C=O) groups is 4. The fraction of sp³-hybridized carbons (Fsp3) is 0.896. The molecule has 0 aliphatic heterocycles. The van der Waals surface area contributed by atoms with Crippen LogP contribution in [0.15, 0.2) is 24.3 Å². The summed E-state index contributed by atoms with van der Waals surface area (Å²) in [7, 11) is -9.92. The van der Waals surface area contributed by atoms with Crippen molar-refractivity contribution < 1.29 is 80.2 Å². The summed E-state index contributed by atoms with van der Waals surface area (Å²) in [5.41, 5.74) is 0. The second-order valence-corrected chi connectivity index (χ2v) is 30.4. The third-order valence-electron chi connectivity index (χ3n) is 17.4. The van der Waals surface area contributed by atoms with E-state index in [0.29, 0.717) is 31.6 Å². The van der Waals surface area contributed by atoms with Gasteiger partial charge in [0.05, 0.1) is 26.4 Å². The number of esters is 4. The number of ether oxygens (including phenoxy) is 4. The van der Waals surface area contributed by atoms with Crippen molar-refractivity contribution >= 4 is 39.5 Å². The van der Waals surface area contributed by atoms with Crippen LogP contribution in [-0.2, 0) is 65.4 Å². The van der Waals surface area contributed by atoms with E-state index in [4.69, 9.17) is 37.0 Å². The van der Waals surface area contributed by atoms with Gasteiger partial charge in [0.25, 0.3) is 0 Å². The van der Waals surface area contributed by atoms with Crippen LogP contribution in [0, 0.1) is 5.92 Å². The van der Waals surface area contributed by atoms with Gasteiger partial charge in [-0.25, -0.2) is 9.13 Å². The predicted octanol–water partition coefficient (Wildman–Crippen LogP) is 22.4. The first kappa shape index (κ1) is 93.5. The predicted molar refractivity (Wildman–Crippen MR) is 391 cm³/mol. The summed E-state index contributed by atoms with van der Waals surface area (Å²) in [5.74, 6) is -1.47. The maximum absolute atomic E-state index is 13.1. The van der Waals surface area contributed by atoms with E-state index in [1.165, 1.54) is 186 Å². The summed E-state index contributed by atoms with van der Waals surface area (Å²) in [6.07, 6.45) is 61.9. The first-order valence-electron chi connectivity index (χ1n) is 39.5. The molecule has 0 rings (SSSR count). The van der Waals surface area contributed by atoms with Gasteiger partial charge < -0.3 is 33.8 Å². The van der Waals surface area contributed by atoms with Crippen LogP contribution in [0.1, 0.15) is 381 Å². The average molecular weight is 1410 g/mol. The van der Waals surface area contributed by atoms with E-state index in [-0.39, 0.29) is 25.7 Å². The van der Waals surface area contributed by atoms with Crippen LogP contribution < -0.4 is 0 Å². The second kappa shape index (κ2) is 69.6. The lowest BCUT2D eigenvalue weighted by Crippen LogP contribution is -2.30. The van der Waals surface area contributed by atoms with Crippen molar-refractivity contribution in [2.45, 2.75) is 400 Å². The van der Waals surface area contributed by atoms with Crippen LogP contribution in [0.4, 0.5) is 0 Å². The summed E-state index contributed by atoms with van der Waals surface area (Å²) < 4.78 is 68.5. The molecule has 0 spiro atoms. The first-order chi connectivity index (χ1) is 46.5. The minimum absolute atomic E-state index is 0.0843. The van der Waals surface area contributed by atoms with Gasteiger partial charge in [-0.05, 0) is 57.3 Å². The Morgan fingerprint density at radius 3 is 0.854 bits per heavy atom. The van der Waals surface area contributed by atoms with Crippen LogP contribution in [0.3, 0.4) is 0 Å². The monoisotopic (exact) mass is 1410 g/mol. The number of hydrogen-bond donors (Lipinski definition) is 3. The average Bonchev–Trinajstić information content (AvgIpc) is 1.12. The number of carbonyl (C=O) groups excluding carboxylic acids is 4. The molecule has 0 heterocycles. The number of allylic oxidation sites excluding steroid dienone is 4. The SMILES string of the molecule is CCCCCC/C=C\C=C/CCCCCCCC(=O)O[C@H](COC(=O)CCCCCCCCC(C)C)COP(=O)(O)OC[C@H](O)COP(=O)(O)OC[C@@H](COC(=O)CCCCCCCCCCCCCCCCCC)OC(=O)CCCCCCCCCCCCCCCCCC. The standard InChI is InChI=1S/C77H146O17P2/c1-6-9-12-15-18-21-24-27-30-33-35-38-41-44-50-55-60-74(79)87-66-72(93-76(81)62-58-53-46-43-40-37-34-31-28-25-22-19-16-13-10-7-2)68-91-95(83,84)89-64-71(78)65-90-96(85,86)92-69-73(67-88-75(80)61-56-51-48-47-49-54-59-70(4)5)94-77(82)63-57-52-45-42-39-36-32-29-26-23-20-17-14-11-8-3/h23,26,29,32,70-73,78H,6-22,24-25,27-28,30-31,33-69H2,1-5H3,(H,83,84)(H,85,86)/b26-23-,32-29-/t71-,72-,73-/m1/s1. The summed E-state index contributed by atoms with van der Waals surface area (Å²) in [5, 5.41) is 10.6. The molecule has 0 aliphatic rings. The maximum atomic E-state index is 13.1. The third-order valence-corrected chi connectivity index (χ3v) is 19.3. The molecule has 0 bridgehead atoms. The maximum Gasteiger partial charge on any atom is 0.472 e. The van der Waals surface area contributed by atoms with Gasteiger partial charge >= 0.3 is 39.5 Å². The first-order valence-corrected chi connectivity index (χ1v) is 42.4. The highest BCUT2D eigenvalue weighted by Gasteiger charge is 2.30. The number of rotatable bonds is 75. The molecule has 0 fully saturated rings. The van der Waals surface area contributed by atoms with Crippen LogP contribution in [-0.4, -0.2) is 96.7 Å². The summed E-state index contributed by atoms with van der Waals surface area (Å²) >= 11 is 0. The van der Waals surface area contributed by atoms with Gasteiger partial charge in [-0.3, -0.25) is 37.3 Å². The van der Waals surface area contributed by atoms with Crippen molar-refractivity contribution in [3.63, 3.8) is 0 Å². The Balaban J connectivity index is 5.27. The highest BCUT2D eigenvalue weighted by atomic mass is 31.2. The summed E-state index contributed by atoms with van der Waals surface area (Å²) in [4.78, 5) is 72.8. The fourth-order valence-electron chi connectivity index (χ4n) is 11.3. The van der Waals surface area contributed by atoms with E-state index < -0.39 is 97.5 Å². The zero-order chi connectivity index (χ0) is 70.5. The van der Waals surface area contributed by atoms with Crippen molar-refractivity contribution in [1.29, 1.82) is 0 Å². The molecular formula is C77H146O17P2. The topological polar surface area (TPSA) is 237 Å². The van der Waals surface area contributed by atoms with Gasteiger partial charge in [0.2, 0.25) is 0 Å². The number of hydrogen-bond acceptors (Lipinski definition) is 15. The van der Waals surface area contributed by atoms with E-state index in [1.807, 2.05) is 0 Å². The van der Waals surface area contributed by atoms with Gasteiger partial charge in [-0.2, -0.15) is 0 Å². The molecule has 19 heteroatoms. The quantitative estimate of drug-likeness (QED) is 0.0169. The lowest BCUT2D eigenvalue weighted by Gasteiger charge is -2.21. The molecule has 3 N–H and O–H groups in total. The Hall–Kier alpha value is -2.46. The normalized spacial score (nSPS) is 14.1. The van der Waals surface area contributed by atoms with Crippen LogP contribution in [0.25, 0.3) is 0 Å². The molecule has 0 saturated carbocycles. The van der Waals surface area contributed by atoms with Crippen molar-refractivity contribution in [3.05, 3.63) is 24.3 Å². The molecule has 0 aromatic carbocycles. The molecule has 0 aliphatic carbocycles. The van der Waals surface area contributed by atoms with Crippen molar-refractivity contribution in [1.82, 2.24) is 0 Å². The van der Waals surface area contributed by atoms with E-state index in [1.54, 1.807) is 0 Å². The van der Waals surface area contributed by atoms with Gasteiger partial charge in [-0.1, -0.05) is 329 Å². The molecular weight excluding hydrogens is 1260 g/mol. The van der Waals surface area contributed by atoms with Crippen molar-refractivity contribution in [2.75, 3.05) is 39.6 Å². The molecule has 0 radical (unpaired) electrons. The Morgan fingerprint density at radius 2 is 0.562 bits per heavy atom. The molecule has 0 aromatic rings. The third kappa shape index (κ3) is 70.0. The number of phosphoric acid groups is 2. The molecule has 2 unspecified atom stereocenters. The molecule has 0 saturated heterocycles. The molecule has 566 valence electrons. The smallest absolute Gasteiger partial charge is 0.462 e. The molecule has 0 amide bonds. The highest BCUT2D eigenvalue weighted by molar-refractivity contribution is 7.47. The highest BCUT2D eigenvalue weighted by Crippen LogP contribution is 2.45. The molecule has 0 aromatic heterocycles. The van der Waals surface area contributed by atoms with E-state index in [2.05, 4.69) is 58.9 Å². The van der Waals surface area contributed by atoms with E-state index in [9.17, 15) is 43.2 Å². The van der Waals surface area contributed by atoms with Gasteiger partial charge in [0, 0.05) is 25.7 Å². The molecule has 5 atom stereocenters.